The largest absolute Gasteiger partial charge is 0.258 e. The Hall–Kier alpha value is -1.55. The molecule has 3 nitrogen and oxygen atoms in total. The molecule has 100 valence electrons. The van der Waals surface area contributed by atoms with Crippen molar-refractivity contribution >= 4 is 11.8 Å². The molecule has 0 bridgehead atoms. The molecule has 1 heterocycles. The van der Waals surface area contributed by atoms with Crippen molar-refractivity contribution in [3.8, 4) is 11.4 Å². The molecule has 0 amide bonds. The summed E-state index contributed by atoms with van der Waals surface area (Å²) in [5, 5.41) is 7.91. The van der Waals surface area contributed by atoms with E-state index in [1.165, 1.54) is 5.56 Å². The molecule has 4 heteroatoms. The topological polar surface area (TPSA) is 41.6 Å². The van der Waals surface area contributed by atoms with Gasteiger partial charge in [0.2, 0.25) is 5.16 Å². The maximum absolute atomic E-state index is 4.46. The van der Waals surface area contributed by atoms with Crippen LogP contribution in [0.4, 0.5) is 0 Å². The van der Waals surface area contributed by atoms with E-state index in [9.17, 15) is 0 Å². The van der Waals surface area contributed by atoms with E-state index in [1.807, 2.05) is 6.08 Å². The number of benzene rings is 1. The smallest absolute Gasteiger partial charge is 0.209 e. The van der Waals surface area contributed by atoms with Gasteiger partial charge in [0.25, 0.3) is 0 Å². The summed E-state index contributed by atoms with van der Waals surface area (Å²) in [6.07, 6.45) is 1.85. The number of aromatic nitrogens is 3. The molecule has 1 aromatic heterocycles. The van der Waals surface area contributed by atoms with Crippen molar-refractivity contribution < 1.29 is 0 Å². The molecule has 2 rings (SSSR count). The molecule has 2 aromatic rings. The zero-order chi connectivity index (χ0) is 13.9. The molecule has 0 radical (unpaired) electrons. The van der Waals surface area contributed by atoms with Crippen LogP contribution < -0.4 is 0 Å². The van der Waals surface area contributed by atoms with Crippen LogP contribution in [-0.4, -0.2) is 20.9 Å². The van der Waals surface area contributed by atoms with Crippen molar-refractivity contribution in [2.45, 2.75) is 31.3 Å². The fraction of sp³-hybridized carbons (Fsp3) is 0.333. The summed E-state index contributed by atoms with van der Waals surface area (Å²) in [5.74, 6) is 1.63. The maximum Gasteiger partial charge on any atom is 0.209 e. The third kappa shape index (κ3) is 3.47. The van der Waals surface area contributed by atoms with Crippen molar-refractivity contribution in [1.82, 2.24) is 15.2 Å². The Balaban J connectivity index is 2.18. The van der Waals surface area contributed by atoms with E-state index >= 15 is 0 Å². The molecule has 0 spiro atoms. The molecule has 0 aliphatic rings. The number of rotatable bonds is 4. The lowest BCUT2D eigenvalue weighted by Gasteiger charge is -2.18. The Morgan fingerprint density at radius 3 is 2.53 bits per heavy atom. The summed E-state index contributed by atoms with van der Waals surface area (Å²) in [7, 11) is 0. The third-order valence-electron chi connectivity index (χ3n) is 2.82. The van der Waals surface area contributed by atoms with Crippen molar-refractivity contribution in [3.05, 3.63) is 42.5 Å². The highest BCUT2D eigenvalue weighted by atomic mass is 32.2. The van der Waals surface area contributed by atoms with Crippen LogP contribution >= 0.6 is 11.8 Å². The molecule has 0 aliphatic carbocycles. The molecule has 0 saturated carbocycles. The first-order chi connectivity index (χ1) is 9.00. The number of hydrogen-bond donors (Lipinski definition) is 1. The molecular formula is C15H19N3S. The highest BCUT2D eigenvalue weighted by molar-refractivity contribution is 7.99. The molecule has 0 fully saturated rings. The Labute approximate surface area is 118 Å². The first-order valence-electron chi connectivity index (χ1n) is 6.28. The number of nitrogens with one attached hydrogen (secondary N) is 1. The van der Waals surface area contributed by atoms with Crippen molar-refractivity contribution in [2.75, 3.05) is 5.75 Å². The average Bonchev–Trinajstić information content (AvgIpc) is 2.84. The summed E-state index contributed by atoms with van der Waals surface area (Å²) in [6.45, 7) is 10.3. The predicted molar refractivity (Wildman–Crippen MR) is 81.4 cm³/mol. The van der Waals surface area contributed by atoms with Gasteiger partial charge in [0.05, 0.1) is 0 Å². The number of H-pyrrole nitrogens is 1. The Bertz CT molecular complexity index is 550. The normalized spacial score (nSPS) is 11.5. The second-order valence-electron chi connectivity index (χ2n) is 5.39. The van der Waals surface area contributed by atoms with Crippen LogP contribution in [0.15, 0.2) is 42.1 Å². The zero-order valence-electron chi connectivity index (χ0n) is 11.6. The van der Waals surface area contributed by atoms with Gasteiger partial charge in [-0.25, -0.2) is 4.98 Å². The maximum atomic E-state index is 4.46. The zero-order valence-corrected chi connectivity index (χ0v) is 12.4. The van der Waals surface area contributed by atoms with E-state index in [0.717, 1.165) is 22.3 Å². The number of thioether (sulfide) groups is 1. The summed E-state index contributed by atoms with van der Waals surface area (Å²) in [6, 6.07) is 8.47. The lowest BCUT2D eigenvalue weighted by molar-refractivity contribution is 0.590. The van der Waals surface area contributed by atoms with Crippen LogP contribution in [0.1, 0.15) is 26.3 Å². The Morgan fingerprint density at radius 1 is 1.26 bits per heavy atom. The Kier molecular flexibility index (Phi) is 4.10. The van der Waals surface area contributed by atoms with Crippen LogP contribution in [-0.2, 0) is 5.41 Å². The van der Waals surface area contributed by atoms with Crippen LogP contribution in [0.5, 0.6) is 0 Å². The second-order valence-corrected chi connectivity index (χ2v) is 6.38. The first-order valence-corrected chi connectivity index (χ1v) is 7.26. The van der Waals surface area contributed by atoms with E-state index in [0.29, 0.717) is 0 Å². The van der Waals surface area contributed by atoms with E-state index < -0.39 is 0 Å². The SMILES string of the molecule is C=CCSc1n[nH]c(-c2ccc(C(C)(C)C)cc2)n1. The van der Waals surface area contributed by atoms with E-state index in [4.69, 9.17) is 0 Å². The highest BCUT2D eigenvalue weighted by Gasteiger charge is 2.13. The number of nitrogens with zero attached hydrogens (tertiary/aromatic N) is 2. The number of hydrogen-bond acceptors (Lipinski definition) is 3. The second kappa shape index (κ2) is 5.61. The van der Waals surface area contributed by atoms with Crippen molar-refractivity contribution in [3.63, 3.8) is 0 Å². The van der Waals surface area contributed by atoms with Gasteiger partial charge in [-0.2, -0.15) is 0 Å². The third-order valence-corrected chi connectivity index (χ3v) is 3.66. The molecule has 1 aromatic carbocycles. The van der Waals surface area contributed by atoms with Gasteiger partial charge < -0.3 is 0 Å². The molecule has 1 N–H and O–H groups in total. The lowest BCUT2D eigenvalue weighted by Crippen LogP contribution is -2.10. The monoisotopic (exact) mass is 273 g/mol. The molecular weight excluding hydrogens is 254 g/mol. The van der Waals surface area contributed by atoms with Crippen LogP contribution in [0.25, 0.3) is 11.4 Å². The molecule has 19 heavy (non-hydrogen) atoms. The van der Waals surface area contributed by atoms with Crippen molar-refractivity contribution in [2.24, 2.45) is 0 Å². The van der Waals surface area contributed by atoms with E-state index in [2.05, 4.69) is 66.8 Å². The average molecular weight is 273 g/mol. The highest BCUT2D eigenvalue weighted by Crippen LogP contribution is 2.25. The van der Waals surface area contributed by atoms with Crippen LogP contribution in [0.3, 0.4) is 0 Å². The first kappa shape index (κ1) is 13.9. The van der Waals surface area contributed by atoms with E-state index in [-0.39, 0.29) is 5.41 Å². The molecule has 0 atom stereocenters. The van der Waals surface area contributed by atoms with Gasteiger partial charge in [-0.15, -0.1) is 11.7 Å². The fourth-order valence-corrected chi connectivity index (χ4v) is 2.23. The molecule has 0 saturated heterocycles. The van der Waals surface area contributed by atoms with Gasteiger partial charge >= 0.3 is 0 Å². The minimum atomic E-state index is 0.172. The van der Waals surface area contributed by atoms with Gasteiger partial charge in [0.1, 0.15) is 0 Å². The standard InChI is InChI=1S/C15H19N3S/c1-5-10-19-14-16-13(17-18-14)11-6-8-12(9-7-11)15(2,3)4/h5-9H,1,10H2,2-4H3,(H,16,17,18). The quantitative estimate of drug-likeness (QED) is 0.675. The molecule has 0 unspecified atom stereocenters. The molecule has 0 aliphatic heterocycles. The van der Waals surface area contributed by atoms with Gasteiger partial charge in [0.15, 0.2) is 5.82 Å². The lowest BCUT2D eigenvalue weighted by atomic mass is 9.87. The summed E-state index contributed by atoms with van der Waals surface area (Å²) in [5.41, 5.74) is 2.55. The summed E-state index contributed by atoms with van der Waals surface area (Å²) in [4.78, 5) is 4.46. The predicted octanol–water partition coefficient (Wildman–Crippen LogP) is 4.05. The van der Waals surface area contributed by atoms with E-state index in [1.54, 1.807) is 11.8 Å². The Morgan fingerprint density at radius 2 is 1.95 bits per heavy atom. The number of aromatic amines is 1. The minimum Gasteiger partial charge on any atom is -0.258 e. The van der Waals surface area contributed by atoms with Crippen LogP contribution in [0, 0.1) is 0 Å². The van der Waals surface area contributed by atoms with Gasteiger partial charge in [-0.3, -0.25) is 5.10 Å². The minimum absolute atomic E-state index is 0.172. The van der Waals surface area contributed by atoms with Gasteiger partial charge in [-0.05, 0) is 11.0 Å². The van der Waals surface area contributed by atoms with Crippen LogP contribution in [0.2, 0.25) is 0 Å². The van der Waals surface area contributed by atoms with Gasteiger partial charge in [0, 0.05) is 11.3 Å². The summed E-state index contributed by atoms with van der Waals surface area (Å²) < 4.78 is 0. The summed E-state index contributed by atoms with van der Waals surface area (Å²) >= 11 is 1.57. The van der Waals surface area contributed by atoms with Crippen molar-refractivity contribution in [1.29, 1.82) is 0 Å². The van der Waals surface area contributed by atoms with Gasteiger partial charge in [-0.1, -0.05) is 62.9 Å². The fourth-order valence-electron chi connectivity index (χ4n) is 1.70.